The van der Waals surface area contributed by atoms with E-state index in [9.17, 15) is 9.18 Å². The van der Waals surface area contributed by atoms with Crippen LogP contribution in [0.1, 0.15) is 11.8 Å². The number of halogens is 1. The third-order valence-corrected chi connectivity index (χ3v) is 6.93. The van der Waals surface area contributed by atoms with Crippen molar-refractivity contribution in [2.24, 2.45) is 0 Å². The molecule has 8 heteroatoms. The second-order valence-corrected chi connectivity index (χ2v) is 9.69. The first kappa shape index (κ1) is 24.9. The molecule has 0 bridgehead atoms. The van der Waals surface area contributed by atoms with Crippen LogP contribution < -0.4 is 4.74 Å². The Kier molecular flexibility index (Phi) is 7.21. The van der Waals surface area contributed by atoms with E-state index in [-0.39, 0.29) is 7.33 Å². The number of rotatable bonds is 7. The van der Waals surface area contributed by atoms with Crippen molar-refractivity contribution >= 4 is 16.9 Å². The lowest BCUT2D eigenvalue weighted by Crippen LogP contribution is -2.50. The number of methoxy groups -OCH3 is 1. The van der Waals surface area contributed by atoms with Gasteiger partial charge in [0.05, 0.1) is 7.11 Å². The lowest BCUT2D eigenvalue weighted by atomic mass is 10.00. The number of ether oxygens (including phenoxy) is 1. The summed E-state index contributed by atoms with van der Waals surface area (Å²) in [6.07, 6.45) is 3.61. The van der Waals surface area contributed by atoms with Crippen LogP contribution in [0.15, 0.2) is 60.9 Å². The highest BCUT2D eigenvalue weighted by Gasteiger charge is 2.23. The van der Waals surface area contributed by atoms with Gasteiger partial charge in [0.1, 0.15) is 17.2 Å². The van der Waals surface area contributed by atoms with Gasteiger partial charge in [0.2, 0.25) is 0 Å². The highest BCUT2D eigenvalue weighted by molar-refractivity contribution is 5.98. The number of carbonyl (C=O) groups excluding carboxylic acids is 1. The Morgan fingerprint density at radius 1 is 1.08 bits per heavy atom. The van der Waals surface area contributed by atoms with E-state index in [2.05, 4.69) is 33.9 Å². The first-order valence-electron chi connectivity index (χ1n) is 12.5. The average Bonchev–Trinajstić information content (AvgIpc) is 3.34. The minimum Gasteiger partial charge on any atom is -0.496 e. The van der Waals surface area contributed by atoms with Gasteiger partial charge >= 0.3 is 0 Å². The molecule has 2 aromatic heterocycles. The summed E-state index contributed by atoms with van der Waals surface area (Å²) < 4.78 is 20.3. The first-order valence-corrected chi connectivity index (χ1v) is 12.5. The van der Waals surface area contributed by atoms with Gasteiger partial charge in [-0.3, -0.25) is 9.69 Å². The van der Waals surface area contributed by atoms with Gasteiger partial charge in [-0.1, -0.05) is 18.2 Å². The Labute approximate surface area is 218 Å². The van der Waals surface area contributed by atoms with Gasteiger partial charge in [0, 0.05) is 80.7 Å². The lowest BCUT2D eigenvalue weighted by Gasteiger charge is -2.35. The Morgan fingerprint density at radius 3 is 2.62 bits per heavy atom. The summed E-state index contributed by atoms with van der Waals surface area (Å²) in [6, 6.07) is 14.3. The van der Waals surface area contributed by atoms with Gasteiger partial charge in [-0.25, -0.2) is 9.37 Å². The SMILES string of the molecule is COc1ccccc1-c1c[nH]c2ncc(-c3cc(F)cc(C(=O)N4CCN(CCN(C)C)CC4)c3)cc12.[HH]. The molecule has 37 heavy (non-hydrogen) atoms. The first-order chi connectivity index (χ1) is 17.9. The average molecular weight is 504 g/mol. The third kappa shape index (κ3) is 5.35. The topological polar surface area (TPSA) is 64.7 Å². The van der Waals surface area contributed by atoms with E-state index in [0.29, 0.717) is 24.2 Å². The van der Waals surface area contributed by atoms with Gasteiger partial charge in [0.15, 0.2) is 0 Å². The highest BCUT2D eigenvalue weighted by Crippen LogP contribution is 2.36. The summed E-state index contributed by atoms with van der Waals surface area (Å²) in [4.78, 5) is 27.4. The molecule has 194 valence electrons. The fraction of sp³-hybridized carbons (Fsp3) is 0.310. The van der Waals surface area contributed by atoms with E-state index in [0.717, 1.165) is 59.7 Å². The number of H-pyrrole nitrogens is 1. The molecule has 0 spiro atoms. The summed E-state index contributed by atoms with van der Waals surface area (Å²) >= 11 is 0. The summed E-state index contributed by atoms with van der Waals surface area (Å²) in [5.41, 5.74) is 4.33. The highest BCUT2D eigenvalue weighted by atomic mass is 19.1. The molecule has 3 heterocycles. The van der Waals surface area contributed by atoms with Gasteiger partial charge in [-0.15, -0.1) is 0 Å². The number of para-hydroxylation sites is 1. The van der Waals surface area contributed by atoms with E-state index in [1.165, 1.54) is 12.1 Å². The minimum atomic E-state index is -0.440. The number of nitrogens with one attached hydrogen (secondary N) is 1. The number of carbonyl (C=O) groups is 1. The number of nitrogens with zero attached hydrogens (tertiary/aromatic N) is 4. The number of benzene rings is 2. The fourth-order valence-corrected chi connectivity index (χ4v) is 4.83. The van der Waals surface area contributed by atoms with Crippen LogP contribution in [0.5, 0.6) is 5.75 Å². The Bertz CT molecular complexity index is 1420. The molecule has 7 nitrogen and oxygen atoms in total. The maximum atomic E-state index is 14.7. The van der Waals surface area contributed by atoms with Gasteiger partial charge in [0.25, 0.3) is 5.91 Å². The van der Waals surface area contributed by atoms with Crippen molar-refractivity contribution in [1.82, 2.24) is 24.7 Å². The summed E-state index contributed by atoms with van der Waals surface area (Å²) in [5.74, 6) is 0.178. The van der Waals surface area contributed by atoms with Crippen molar-refractivity contribution in [2.45, 2.75) is 0 Å². The minimum absolute atomic E-state index is 0. The van der Waals surface area contributed by atoms with E-state index in [1.807, 2.05) is 41.4 Å². The number of hydrogen-bond acceptors (Lipinski definition) is 5. The van der Waals surface area contributed by atoms with Crippen molar-refractivity contribution in [1.29, 1.82) is 0 Å². The molecule has 1 aliphatic rings. The zero-order chi connectivity index (χ0) is 25.9. The second-order valence-electron chi connectivity index (χ2n) is 9.69. The molecule has 1 N–H and O–H groups in total. The van der Waals surface area contributed by atoms with Crippen LogP contribution in [-0.2, 0) is 0 Å². The molecule has 1 fully saturated rings. The van der Waals surface area contributed by atoms with Crippen LogP contribution in [0, 0.1) is 5.82 Å². The fourth-order valence-electron chi connectivity index (χ4n) is 4.83. The zero-order valence-corrected chi connectivity index (χ0v) is 21.5. The monoisotopic (exact) mass is 503 g/mol. The molecule has 0 unspecified atom stereocenters. The zero-order valence-electron chi connectivity index (χ0n) is 21.5. The molecular formula is C29H34FN5O2. The van der Waals surface area contributed by atoms with E-state index >= 15 is 0 Å². The summed E-state index contributed by atoms with van der Waals surface area (Å²) in [7, 11) is 5.76. The molecule has 0 aliphatic carbocycles. The lowest BCUT2D eigenvalue weighted by molar-refractivity contribution is 0.0629. The van der Waals surface area contributed by atoms with Crippen LogP contribution in [0.4, 0.5) is 4.39 Å². The van der Waals surface area contributed by atoms with Crippen LogP contribution in [0.25, 0.3) is 33.3 Å². The van der Waals surface area contributed by atoms with E-state index < -0.39 is 5.82 Å². The molecule has 0 atom stereocenters. The number of amides is 1. The number of piperazine rings is 1. The van der Waals surface area contributed by atoms with Crippen LogP contribution in [0.2, 0.25) is 0 Å². The van der Waals surface area contributed by atoms with Crippen molar-refractivity contribution < 1.29 is 15.3 Å². The molecule has 0 saturated carbocycles. The van der Waals surface area contributed by atoms with Crippen LogP contribution in [-0.4, -0.2) is 91.0 Å². The maximum absolute atomic E-state index is 14.7. The number of likely N-dealkylation sites (N-methyl/N-ethyl adjacent to an activating group) is 1. The predicted molar refractivity (Wildman–Crippen MR) is 146 cm³/mol. The number of fused-ring (bicyclic) bond motifs is 1. The molecule has 1 saturated heterocycles. The van der Waals surface area contributed by atoms with Crippen molar-refractivity contribution in [2.75, 3.05) is 60.5 Å². The molecule has 2 aromatic carbocycles. The Hall–Kier alpha value is -3.75. The predicted octanol–water partition coefficient (Wildman–Crippen LogP) is 4.61. The normalized spacial score (nSPS) is 14.5. The standard InChI is InChI=1S/C29H32FN5O2.H2/c1-33(2)8-9-34-10-12-35(13-11-34)29(36)21-14-20(15-23(30)16-21)22-17-25-26(19-32-28(25)31-18-22)24-6-4-5-7-27(24)37-3;/h4-7,14-19H,8-13H2,1-3H3,(H,31,32);1H. The van der Waals surface area contributed by atoms with Crippen molar-refractivity contribution in [3.63, 3.8) is 0 Å². The van der Waals surface area contributed by atoms with Gasteiger partial charge < -0.3 is 19.5 Å². The molecule has 1 amide bonds. The Balaban J connectivity index is 0.00000336. The number of pyridine rings is 1. The molecule has 0 radical (unpaired) electrons. The molecule has 4 aromatic rings. The second kappa shape index (κ2) is 10.7. The van der Waals surface area contributed by atoms with Crippen LogP contribution in [0.3, 0.4) is 0 Å². The number of aromatic nitrogens is 2. The van der Waals surface area contributed by atoms with E-state index in [4.69, 9.17) is 4.74 Å². The van der Waals surface area contributed by atoms with Crippen LogP contribution >= 0.6 is 0 Å². The molecular weight excluding hydrogens is 469 g/mol. The molecule has 1 aliphatic heterocycles. The smallest absolute Gasteiger partial charge is 0.254 e. The third-order valence-electron chi connectivity index (χ3n) is 6.93. The molecule has 5 rings (SSSR count). The summed E-state index contributed by atoms with van der Waals surface area (Å²) in [5, 5.41) is 0.896. The Morgan fingerprint density at radius 2 is 1.86 bits per heavy atom. The quantitative estimate of drug-likeness (QED) is 0.399. The number of hydrogen-bond donors (Lipinski definition) is 1. The number of aromatic amines is 1. The van der Waals surface area contributed by atoms with E-state index in [1.54, 1.807) is 19.4 Å². The van der Waals surface area contributed by atoms with Crippen molar-refractivity contribution in [3.05, 3.63) is 72.3 Å². The summed E-state index contributed by atoms with van der Waals surface area (Å²) in [6.45, 7) is 4.88. The maximum Gasteiger partial charge on any atom is 0.254 e. The van der Waals surface area contributed by atoms with Crippen molar-refractivity contribution in [3.8, 4) is 28.0 Å². The largest absolute Gasteiger partial charge is 0.496 e. The van der Waals surface area contributed by atoms with Gasteiger partial charge in [-0.05, 0) is 50.0 Å². The van der Waals surface area contributed by atoms with Gasteiger partial charge in [-0.2, -0.15) is 0 Å².